The minimum absolute atomic E-state index is 0.401. The highest BCUT2D eigenvalue weighted by atomic mass is 35.6. The van der Waals surface area contributed by atoms with Crippen LogP contribution in [0.1, 0.15) is 31.9 Å². The van der Waals surface area contributed by atoms with Gasteiger partial charge in [-0.15, -0.1) is 0 Å². The van der Waals surface area contributed by atoms with Gasteiger partial charge in [-0.25, -0.2) is 4.79 Å². The summed E-state index contributed by atoms with van der Waals surface area (Å²) in [6.45, 7) is 8.01. The van der Waals surface area contributed by atoms with Gasteiger partial charge in [0.1, 0.15) is 5.75 Å². The highest BCUT2D eigenvalue weighted by Gasteiger charge is 2.50. The molecule has 0 radical (unpaired) electrons. The molecule has 0 aliphatic carbocycles. The Labute approximate surface area is 180 Å². The number of hydrogen-bond donors (Lipinski definition) is 0. The second kappa shape index (κ2) is 7.62. The maximum Gasteiger partial charge on any atom is 0.338 e. The van der Waals surface area contributed by atoms with Gasteiger partial charge >= 0.3 is 5.97 Å². The van der Waals surface area contributed by atoms with Gasteiger partial charge in [0.05, 0.1) is 5.54 Å². The van der Waals surface area contributed by atoms with E-state index in [1.165, 1.54) is 0 Å². The molecule has 28 heavy (non-hydrogen) atoms. The summed E-state index contributed by atoms with van der Waals surface area (Å²) >= 11 is 19.0. The van der Waals surface area contributed by atoms with Crippen LogP contribution in [0, 0.1) is 6.92 Å². The monoisotopic (exact) mass is 437 g/mol. The number of benzene rings is 2. The molecule has 1 atom stereocenters. The van der Waals surface area contributed by atoms with Gasteiger partial charge in [-0.3, -0.25) is 0 Å². The zero-order valence-corrected chi connectivity index (χ0v) is 18.4. The lowest BCUT2D eigenvalue weighted by Gasteiger charge is -2.48. The van der Waals surface area contributed by atoms with Crippen molar-refractivity contribution in [3.05, 3.63) is 65.7 Å². The van der Waals surface area contributed by atoms with Crippen molar-refractivity contribution in [1.29, 1.82) is 0 Å². The van der Waals surface area contributed by atoms with Crippen molar-refractivity contribution < 1.29 is 9.53 Å². The predicted octanol–water partition coefficient (Wildman–Crippen LogP) is 6.34. The number of allylic oxidation sites excluding steroid dienone is 1. The molecule has 1 aliphatic heterocycles. The Balaban J connectivity index is 2.12. The molecule has 0 fully saturated rings. The summed E-state index contributed by atoms with van der Waals surface area (Å²) in [5.41, 5.74) is 3.42. The Morgan fingerprint density at radius 2 is 1.71 bits per heavy atom. The molecular weight excluding hydrogens is 417 g/mol. The van der Waals surface area contributed by atoms with Gasteiger partial charge < -0.3 is 9.64 Å². The summed E-state index contributed by atoms with van der Waals surface area (Å²) < 4.78 is 3.67. The van der Waals surface area contributed by atoms with E-state index in [-0.39, 0.29) is 0 Å². The molecule has 0 amide bonds. The normalized spacial score (nSPS) is 16.8. The Morgan fingerprint density at radius 1 is 1.07 bits per heavy atom. The Hall–Kier alpha value is -1.68. The molecule has 6 heteroatoms. The van der Waals surface area contributed by atoms with Crippen molar-refractivity contribution in [3.8, 4) is 5.75 Å². The Morgan fingerprint density at radius 3 is 2.32 bits per heavy atom. The highest BCUT2D eigenvalue weighted by Crippen LogP contribution is 2.46. The van der Waals surface area contributed by atoms with Crippen molar-refractivity contribution >= 4 is 52.0 Å². The van der Waals surface area contributed by atoms with Crippen LogP contribution in [0.2, 0.25) is 0 Å². The first-order valence-corrected chi connectivity index (χ1v) is 10.1. The van der Waals surface area contributed by atoms with Crippen molar-refractivity contribution in [2.24, 2.45) is 0 Å². The van der Waals surface area contributed by atoms with Crippen molar-refractivity contribution in [1.82, 2.24) is 0 Å². The van der Waals surface area contributed by atoms with E-state index >= 15 is 0 Å². The van der Waals surface area contributed by atoms with E-state index in [9.17, 15) is 4.79 Å². The summed E-state index contributed by atoms with van der Waals surface area (Å²) in [5, 5.41) is 0. The number of alkyl halides is 3. The van der Waals surface area contributed by atoms with E-state index in [1.807, 2.05) is 56.9 Å². The lowest BCUT2D eigenvalue weighted by molar-refractivity contribution is -0.136. The minimum atomic E-state index is -1.90. The first-order chi connectivity index (χ1) is 13.0. The van der Waals surface area contributed by atoms with E-state index in [1.54, 1.807) is 24.3 Å². The Bertz CT molecular complexity index is 917. The number of aryl methyl sites for hydroxylation is 1. The molecule has 2 aromatic carbocycles. The summed E-state index contributed by atoms with van der Waals surface area (Å²) in [7, 11) is 0. The molecule has 0 saturated heterocycles. The van der Waals surface area contributed by atoms with Crippen molar-refractivity contribution in [3.63, 3.8) is 0 Å². The van der Waals surface area contributed by atoms with Crippen LogP contribution in [0.4, 0.5) is 5.69 Å². The average molecular weight is 439 g/mol. The molecule has 3 nitrogen and oxygen atoms in total. The zero-order chi connectivity index (χ0) is 20.7. The lowest BCUT2D eigenvalue weighted by Crippen LogP contribution is -2.60. The summed E-state index contributed by atoms with van der Waals surface area (Å²) in [6, 6.07) is 13.7. The summed E-state index contributed by atoms with van der Waals surface area (Å²) in [5.74, 6) is -0.225. The number of hydrogen-bond acceptors (Lipinski definition) is 3. The molecule has 1 aliphatic rings. The van der Waals surface area contributed by atoms with E-state index in [0.717, 1.165) is 22.4 Å². The van der Waals surface area contributed by atoms with Crippen LogP contribution in [0.3, 0.4) is 0 Å². The topological polar surface area (TPSA) is 29.5 Å². The van der Waals surface area contributed by atoms with E-state index in [4.69, 9.17) is 39.5 Å². The fourth-order valence-corrected chi connectivity index (χ4v) is 4.24. The first kappa shape index (κ1) is 21.0. The number of para-hydroxylation sites is 1. The number of carbonyl (C=O) groups is 1. The average Bonchev–Trinajstić information content (AvgIpc) is 2.57. The van der Waals surface area contributed by atoms with Crippen LogP contribution in [-0.2, 0) is 4.79 Å². The summed E-state index contributed by atoms with van der Waals surface area (Å²) in [6.07, 6.45) is 2.07. The molecule has 0 aromatic heterocycles. The summed E-state index contributed by atoms with van der Waals surface area (Å²) in [4.78, 5) is 15.0. The van der Waals surface area contributed by atoms with Crippen LogP contribution < -0.4 is 9.64 Å². The molecule has 3 rings (SSSR count). The molecule has 1 heterocycles. The number of rotatable bonds is 3. The Kier molecular flexibility index (Phi) is 5.73. The number of fused-ring (bicyclic) bond motifs is 1. The smallest absolute Gasteiger partial charge is 0.338 e. The fraction of sp³-hybridized carbons (Fsp3) is 0.318. The van der Waals surface area contributed by atoms with Gasteiger partial charge in [-0.2, -0.15) is 0 Å². The maximum atomic E-state index is 13.2. The van der Waals surface area contributed by atoms with Gasteiger partial charge in [0.25, 0.3) is 0 Å². The number of anilines is 1. The highest BCUT2D eigenvalue weighted by molar-refractivity contribution is 6.69. The SMILES string of the molecule is CC1=CC(C)(C)N([C@H](C(=O)Oc2ccccc2)C(Cl)(Cl)Cl)c2cc(C)ccc21. The molecule has 0 bridgehead atoms. The van der Waals surface area contributed by atoms with Crippen LogP contribution in [0.5, 0.6) is 5.75 Å². The van der Waals surface area contributed by atoms with Crippen LogP contribution in [0.15, 0.2) is 54.6 Å². The third kappa shape index (κ3) is 4.17. The number of nitrogens with zero attached hydrogens (tertiary/aromatic N) is 1. The second-order valence-electron chi connectivity index (χ2n) is 7.55. The third-order valence-corrected chi connectivity index (χ3v) is 5.40. The molecule has 148 valence electrons. The maximum absolute atomic E-state index is 13.2. The van der Waals surface area contributed by atoms with Gasteiger partial charge in [0.2, 0.25) is 3.79 Å². The molecule has 0 saturated carbocycles. The largest absolute Gasteiger partial charge is 0.425 e. The van der Waals surface area contributed by atoms with E-state index in [2.05, 4.69) is 6.08 Å². The van der Waals surface area contributed by atoms with Gasteiger partial charge in [-0.1, -0.05) is 71.2 Å². The number of halogens is 3. The van der Waals surface area contributed by atoms with Crippen LogP contribution >= 0.6 is 34.8 Å². The molecule has 2 aromatic rings. The van der Waals surface area contributed by atoms with Crippen LogP contribution in [-0.4, -0.2) is 21.3 Å². The van der Waals surface area contributed by atoms with Crippen LogP contribution in [0.25, 0.3) is 5.57 Å². The third-order valence-electron chi connectivity index (χ3n) is 4.78. The zero-order valence-electron chi connectivity index (χ0n) is 16.2. The number of ether oxygens (including phenoxy) is 1. The lowest BCUT2D eigenvalue weighted by atomic mass is 9.87. The van der Waals surface area contributed by atoms with Gasteiger partial charge in [0.15, 0.2) is 6.04 Å². The molecular formula is C22H22Cl3NO2. The molecule has 0 N–H and O–H groups in total. The van der Waals surface area contributed by atoms with E-state index in [0.29, 0.717) is 5.75 Å². The van der Waals surface area contributed by atoms with Gasteiger partial charge in [0, 0.05) is 11.3 Å². The molecule has 0 spiro atoms. The number of esters is 1. The predicted molar refractivity (Wildman–Crippen MR) is 118 cm³/mol. The number of carbonyl (C=O) groups excluding carboxylic acids is 1. The first-order valence-electron chi connectivity index (χ1n) is 8.94. The molecule has 0 unspecified atom stereocenters. The quantitative estimate of drug-likeness (QED) is 0.318. The standard InChI is InChI=1S/C22H22Cl3NO2/c1-14-10-11-17-15(2)13-21(3,4)26(18(17)12-14)19(22(23,24)25)20(27)28-16-8-6-5-7-9-16/h5-13,19H,1-4H3/t19-/m1/s1. The van der Waals surface area contributed by atoms with E-state index < -0.39 is 21.3 Å². The fourth-order valence-electron chi connectivity index (χ4n) is 3.68. The minimum Gasteiger partial charge on any atom is -0.425 e. The van der Waals surface area contributed by atoms with Gasteiger partial charge in [-0.05, 0) is 57.0 Å². The van der Waals surface area contributed by atoms with Crippen molar-refractivity contribution in [2.45, 2.75) is 43.1 Å². The second-order valence-corrected chi connectivity index (χ2v) is 9.92. The van der Waals surface area contributed by atoms with Crippen molar-refractivity contribution in [2.75, 3.05) is 4.90 Å².